The Morgan fingerprint density at radius 3 is 2.97 bits per heavy atom. The second-order valence-corrected chi connectivity index (χ2v) is 7.84. The first kappa shape index (κ1) is 19.8. The highest BCUT2D eigenvalue weighted by molar-refractivity contribution is 5.47. The van der Waals surface area contributed by atoms with E-state index >= 15 is 0 Å². The molecule has 7 nitrogen and oxygen atoms in total. The van der Waals surface area contributed by atoms with Crippen molar-refractivity contribution in [3.8, 4) is 17.5 Å². The van der Waals surface area contributed by atoms with Gasteiger partial charge in [-0.25, -0.2) is 9.97 Å². The summed E-state index contributed by atoms with van der Waals surface area (Å²) >= 11 is 0. The van der Waals surface area contributed by atoms with Crippen LogP contribution in [0.15, 0.2) is 24.3 Å². The van der Waals surface area contributed by atoms with E-state index in [0.717, 1.165) is 42.5 Å². The molecule has 0 saturated carbocycles. The first-order chi connectivity index (χ1) is 14.1. The molecular formula is C22H30N4O3. The smallest absolute Gasteiger partial charge is 0.257 e. The maximum Gasteiger partial charge on any atom is 0.257 e. The SMILES string of the molecule is COc1cc(NC[C@@H]2CCCN(C(C)c3ccc4c(n3)OCCO4)C2)cc(C)n1. The normalized spacial score (nSPS) is 20.2. The lowest BCUT2D eigenvalue weighted by molar-refractivity contribution is 0.131. The quantitative estimate of drug-likeness (QED) is 0.799. The highest BCUT2D eigenvalue weighted by Crippen LogP contribution is 2.32. The molecule has 2 aromatic rings. The van der Waals surface area contributed by atoms with Crippen molar-refractivity contribution in [3.05, 3.63) is 35.7 Å². The lowest BCUT2D eigenvalue weighted by Crippen LogP contribution is -2.39. The summed E-state index contributed by atoms with van der Waals surface area (Å²) in [6.07, 6.45) is 2.42. The summed E-state index contributed by atoms with van der Waals surface area (Å²) in [5.41, 5.74) is 3.06. The molecule has 0 amide bonds. The summed E-state index contributed by atoms with van der Waals surface area (Å²) in [6.45, 7) is 8.44. The van der Waals surface area contributed by atoms with E-state index in [9.17, 15) is 0 Å². The molecule has 1 N–H and O–H groups in total. The first-order valence-corrected chi connectivity index (χ1v) is 10.4. The van der Waals surface area contributed by atoms with E-state index in [2.05, 4.69) is 34.3 Å². The average Bonchev–Trinajstić information content (AvgIpc) is 2.76. The summed E-state index contributed by atoms with van der Waals surface area (Å²) in [7, 11) is 1.65. The monoisotopic (exact) mass is 398 g/mol. The molecule has 0 aromatic carbocycles. The predicted octanol–water partition coefficient (Wildman–Crippen LogP) is 3.45. The number of rotatable bonds is 6. The fourth-order valence-electron chi connectivity index (χ4n) is 4.09. The molecule has 156 valence electrons. The molecule has 2 atom stereocenters. The second-order valence-electron chi connectivity index (χ2n) is 7.84. The fourth-order valence-corrected chi connectivity index (χ4v) is 4.09. The van der Waals surface area contributed by atoms with Gasteiger partial charge >= 0.3 is 0 Å². The molecular weight excluding hydrogens is 368 g/mol. The van der Waals surface area contributed by atoms with Gasteiger partial charge in [-0.15, -0.1) is 0 Å². The van der Waals surface area contributed by atoms with Crippen molar-refractivity contribution in [1.29, 1.82) is 0 Å². The second kappa shape index (κ2) is 8.86. The number of pyridine rings is 2. The Kier molecular flexibility index (Phi) is 6.04. The van der Waals surface area contributed by atoms with Gasteiger partial charge in [0.05, 0.1) is 12.8 Å². The van der Waals surface area contributed by atoms with Gasteiger partial charge in [0.2, 0.25) is 5.88 Å². The fraction of sp³-hybridized carbons (Fsp3) is 0.545. The number of nitrogens with zero attached hydrogens (tertiary/aromatic N) is 3. The molecule has 1 unspecified atom stereocenters. The van der Waals surface area contributed by atoms with Crippen molar-refractivity contribution in [2.75, 3.05) is 45.3 Å². The van der Waals surface area contributed by atoms with Crippen LogP contribution in [0.5, 0.6) is 17.5 Å². The molecule has 4 heterocycles. The molecule has 29 heavy (non-hydrogen) atoms. The van der Waals surface area contributed by atoms with Gasteiger partial charge in [0, 0.05) is 36.6 Å². The van der Waals surface area contributed by atoms with Crippen LogP contribution in [0, 0.1) is 12.8 Å². The molecule has 2 aromatic heterocycles. The third kappa shape index (κ3) is 4.72. The minimum atomic E-state index is 0.247. The van der Waals surface area contributed by atoms with Crippen LogP contribution in [0.3, 0.4) is 0 Å². The van der Waals surface area contributed by atoms with Crippen molar-refractivity contribution in [1.82, 2.24) is 14.9 Å². The number of aromatic nitrogens is 2. The van der Waals surface area contributed by atoms with Crippen LogP contribution in [0.25, 0.3) is 0 Å². The Hall–Kier alpha value is -2.54. The minimum Gasteiger partial charge on any atom is -0.484 e. The zero-order valence-electron chi connectivity index (χ0n) is 17.5. The van der Waals surface area contributed by atoms with Crippen LogP contribution >= 0.6 is 0 Å². The van der Waals surface area contributed by atoms with Crippen LogP contribution in [0.2, 0.25) is 0 Å². The van der Waals surface area contributed by atoms with E-state index in [1.54, 1.807) is 7.11 Å². The largest absolute Gasteiger partial charge is 0.484 e. The van der Waals surface area contributed by atoms with Gasteiger partial charge in [-0.2, -0.15) is 0 Å². The molecule has 0 bridgehead atoms. The highest BCUT2D eigenvalue weighted by atomic mass is 16.6. The summed E-state index contributed by atoms with van der Waals surface area (Å²) in [5, 5.41) is 3.57. The van der Waals surface area contributed by atoms with E-state index in [4.69, 9.17) is 19.2 Å². The number of aryl methyl sites for hydroxylation is 1. The number of hydrogen-bond acceptors (Lipinski definition) is 7. The molecule has 2 aliphatic rings. The maximum atomic E-state index is 5.66. The highest BCUT2D eigenvalue weighted by Gasteiger charge is 2.26. The zero-order chi connectivity index (χ0) is 20.2. The summed E-state index contributed by atoms with van der Waals surface area (Å²) in [6, 6.07) is 8.30. The molecule has 1 fully saturated rings. The molecule has 0 spiro atoms. The first-order valence-electron chi connectivity index (χ1n) is 10.4. The standard InChI is InChI=1S/C22H30N4O3/c1-15-11-18(12-21(24-15)27-3)23-13-17-5-4-8-26(14-17)16(2)19-6-7-20-22(25-19)29-10-9-28-20/h6-7,11-12,16-17H,4-5,8-10,13-14H2,1-3H3,(H,23,24)/t16?,17-/m0/s1. The Morgan fingerprint density at radius 2 is 2.10 bits per heavy atom. The Bertz CT molecular complexity index is 845. The van der Waals surface area contributed by atoms with Crippen LogP contribution < -0.4 is 19.5 Å². The minimum absolute atomic E-state index is 0.247. The van der Waals surface area contributed by atoms with Crippen molar-refractivity contribution in [2.24, 2.45) is 5.92 Å². The number of fused-ring (bicyclic) bond motifs is 1. The average molecular weight is 399 g/mol. The number of methoxy groups -OCH3 is 1. The predicted molar refractivity (Wildman–Crippen MR) is 112 cm³/mol. The van der Waals surface area contributed by atoms with Gasteiger partial charge in [0.15, 0.2) is 5.75 Å². The third-order valence-corrected chi connectivity index (χ3v) is 5.69. The van der Waals surface area contributed by atoms with E-state index in [-0.39, 0.29) is 6.04 Å². The molecule has 2 aliphatic heterocycles. The Labute approximate surface area is 172 Å². The Balaban J connectivity index is 1.37. The number of hydrogen-bond donors (Lipinski definition) is 1. The van der Waals surface area contributed by atoms with Crippen LogP contribution in [0.1, 0.15) is 37.2 Å². The van der Waals surface area contributed by atoms with E-state index in [0.29, 0.717) is 30.9 Å². The van der Waals surface area contributed by atoms with Crippen molar-refractivity contribution in [3.63, 3.8) is 0 Å². The molecule has 0 aliphatic carbocycles. The van der Waals surface area contributed by atoms with E-state index in [1.165, 1.54) is 12.8 Å². The maximum absolute atomic E-state index is 5.66. The number of piperidine rings is 1. The number of anilines is 1. The van der Waals surface area contributed by atoms with Crippen LogP contribution in [-0.4, -0.2) is 54.8 Å². The molecule has 1 saturated heterocycles. The number of nitrogens with one attached hydrogen (secondary N) is 1. The van der Waals surface area contributed by atoms with Crippen LogP contribution in [-0.2, 0) is 0 Å². The van der Waals surface area contributed by atoms with Gasteiger partial charge in [0.25, 0.3) is 5.88 Å². The van der Waals surface area contributed by atoms with Crippen molar-refractivity contribution < 1.29 is 14.2 Å². The van der Waals surface area contributed by atoms with Gasteiger partial charge in [-0.1, -0.05) is 0 Å². The molecule has 0 radical (unpaired) electrons. The number of likely N-dealkylation sites (tertiary alicyclic amines) is 1. The van der Waals surface area contributed by atoms with Crippen LogP contribution in [0.4, 0.5) is 5.69 Å². The van der Waals surface area contributed by atoms with Gasteiger partial charge in [-0.3, -0.25) is 4.90 Å². The van der Waals surface area contributed by atoms with Gasteiger partial charge in [0.1, 0.15) is 13.2 Å². The van der Waals surface area contributed by atoms with E-state index in [1.807, 2.05) is 19.1 Å². The van der Waals surface area contributed by atoms with E-state index < -0.39 is 0 Å². The molecule has 7 heteroatoms. The topological polar surface area (TPSA) is 68.7 Å². The zero-order valence-corrected chi connectivity index (χ0v) is 17.5. The lowest BCUT2D eigenvalue weighted by atomic mass is 9.96. The summed E-state index contributed by atoms with van der Waals surface area (Å²) < 4.78 is 16.5. The molecule has 4 rings (SSSR count). The van der Waals surface area contributed by atoms with Crippen molar-refractivity contribution in [2.45, 2.75) is 32.7 Å². The third-order valence-electron chi connectivity index (χ3n) is 5.69. The Morgan fingerprint density at radius 1 is 1.24 bits per heavy atom. The number of ether oxygens (including phenoxy) is 3. The van der Waals surface area contributed by atoms with Gasteiger partial charge < -0.3 is 19.5 Å². The lowest BCUT2D eigenvalue weighted by Gasteiger charge is -2.37. The van der Waals surface area contributed by atoms with Crippen molar-refractivity contribution >= 4 is 5.69 Å². The van der Waals surface area contributed by atoms with Gasteiger partial charge in [-0.05, 0) is 57.4 Å². The summed E-state index contributed by atoms with van der Waals surface area (Å²) in [4.78, 5) is 11.6. The summed E-state index contributed by atoms with van der Waals surface area (Å²) in [5.74, 6) is 2.60.